The van der Waals surface area contributed by atoms with Crippen molar-refractivity contribution >= 4 is 45.0 Å². The Bertz CT molecular complexity index is 1400. The molecule has 3 aromatic rings. The van der Waals surface area contributed by atoms with Crippen LogP contribution < -0.4 is 10.6 Å². The molecule has 2 aliphatic heterocycles. The summed E-state index contributed by atoms with van der Waals surface area (Å²) >= 11 is 9.36. The minimum atomic E-state index is -4.82. The van der Waals surface area contributed by atoms with E-state index >= 15 is 4.39 Å². The highest BCUT2D eigenvalue weighted by atomic mass is 79.9. The van der Waals surface area contributed by atoms with Crippen LogP contribution in [0, 0.1) is 11.7 Å². The minimum Gasteiger partial charge on any atom is -0.348 e. The lowest BCUT2D eigenvalue weighted by molar-refractivity contribution is -0.137. The predicted molar refractivity (Wildman–Crippen MR) is 130 cm³/mol. The summed E-state index contributed by atoms with van der Waals surface area (Å²) in [6.45, 7) is 1.47. The zero-order chi connectivity index (χ0) is 26.0. The van der Waals surface area contributed by atoms with Crippen LogP contribution in [-0.2, 0) is 21.2 Å². The van der Waals surface area contributed by atoms with Gasteiger partial charge in [0.1, 0.15) is 11.2 Å². The number of hydrogen-bond donors (Lipinski definition) is 2. The number of fused-ring (bicyclic) bond motifs is 2. The van der Waals surface area contributed by atoms with Crippen LogP contribution in [0.1, 0.15) is 41.1 Å². The molecule has 4 atom stereocenters. The fraction of sp³-hybridized carbons (Fsp3) is 0.231. The molecule has 0 radical (unpaired) electrons. The number of rotatable bonds is 2. The SMILES string of the molecule is C[C@@H]1C(=O)N[C@H](c2ccccc2)[C@@]2(C(=O)Nc3ccc(Br)cc32)[C@@H]1c1cc(C(F)(F)F)cc(Cl)c1F. The van der Waals surface area contributed by atoms with Gasteiger partial charge in [-0.1, -0.05) is 64.8 Å². The first-order chi connectivity index (χ1) is 17.0. The molecule has 0 unspecified atom stereocenters. The van der Waals surface area contributed by atoms with Gasteiger partial charge in [-0.25, -0.2) is 4.39 Å². The number of anilines is 1. The maximum absolute atomic E-state index is 15.6. The highest BCUT2D eigenvalue weighted by molar-refractivity contribution is 9.10. The molecule has 2 amide bonds. The fourth-order valence-corrected chi connectivity index (χ4v) is 6.12. The van der Waals surface area contributed by atoms with Crippen molar-refractivity contribution < 1.29 is 27.2 Å². The summed E-state index contributed by atoms with van der Waals surface area (Å²) in [5.41, 5.74) is -1.88. The van der Waals surface area contributed by atoms with Crippen LogP contribution in [0.25, 0.3) is 0 Å². The van der Waals surface area contributed by atoms with Gasteiger partial charge in [0.25, 0.3) is 0 Å². The van der Waals surface area contributed by atoms with Crippen LogP contribution in [0.5, 0.6) is 0 Å². The van der Waals surface area contributed by atoms with E-state index in [2.05, 4.69) is 26.6 Å². The summed E-state index contributed by atoms with van der Waals surface area (Å²) in [6, 6.07) is 13.8. The molecule has 2 heterocycles. The topological polar surface area (TPSA) is 58.2 Å². The number of benzene rings is 3. The Morgan fingerprint density at radius 1 is 1.03 bits per heavy atom. The Kier molecular flexibility index (Phi) is 5.91. The van der Waals surface area contributed by atoms with Crippen LogP contribution in [0.4, 0.5) is 23.2 Å². The second kappa shape index (κ2) is 8.59. The van der Waals surface area contributed by atoms with Crippen molar-refractivity contribution in [2.24, 2.45) is 5.92 Å². The number of carbonyl (C=O) groups is 2. The summed E-state index contributed by atoms with van der Waals surface area (Å²) in [5, 5.41) is 4.96. The molecule has 1 spiro atoms. The maximum atomic E-state index is 15.6. The summed E-state index contributed by atoms with van der Waals surface area (Å²) in [4.78, 5) is 27.2. The predicted octanol–water partition coefficient (Wildman–Crippen LogP) is 6.74. The van der Waals surface area contributed by atoms with E-state index in [1.54, 1.807) is 48.5 Å². The summed E-state index contributed by atoms with van der Waals surface area (Å²) < 4.78 is 57.5. The van der Waals surface area contributed by atoms with E-state index in [-0.39, 0.29) is 0 Å². The van der Waals surface area contributed by atoms with Crippen LogP contribution >= 0.6 is 27.5 Å². The van der Waals surface area contributed by atoms with Gasteiger partial charge >= 0.3 is 6.18 Å². The molecule has 4 nitrogen and oxygen atoms in total. The van der Waals surface area contributed by atoms with E-state index < -0.39 is 63.3 Å². The second-order valence-electron chi connectivity index (χ2n) is 8.99. The summed E-state index contributed by atoms with van der Waals surface area (Å²) in [6.07, 6.45) is -4.82. The van der Waals surface area contributed by atoms with Crippen LogP contribution in [0.3, 0.4) is 0 Å². The smallest absolute Gasteiger partial charge is 0.348 e. The molecule has 3 aromatic carbocycles. The Balaban J connectivity index is 1.89. The van der Waals surface area contributed by atoms with E-state index in [0.717, 1.165) is 0 Å². The van der Waals surface area contributed by atoms with Crippen molar-refractivity contribution in [1.82, 2.24) is 5.32 Å². The molecule has 2 aliphatic rings. The number of nitrogens with one attached hydrogen (secondary N) is 2. The van der Waals surface area contributed by atoms with E-state index in [1.807, 2.05) is 0 Å². The van der Waals surface area contributed by atoms with Gasteiger partial charge in [-0.05, 0) is 47.0 Å². The first kappa shape index (κ1) is 24.8. The molecule has 2 N–H and O–H groups in total. The molecule has 10 heteroatoms. The molecule has 0 aliphatic carbocycles. The lowest BCUT2D eigenvalue weighted by atomic mass is 9.56. The number of piperidine rings is 1. The minimum absolute atomic E-state index is 0.427. The zero-order valence-corrected chi connectivity index (χ0v) is 20.9. The molecular formula is C26H18BrClF4N2O2. The van der Waals surface area contributed by atoms with Gasteiger partial charge in [0.2, 0.25) is 11.8 Å². The molecule has 1 fully saturated rings. The molecule has 186 valence electrons. The normalized spacial score (nSPS) is 25.5. The van der Waals surface area contributed by atoms with Crippen molar-refractivity contribution in [2.75, 3.05) is 5.32 Å². The average molecular weight is 582 g/mol. The quantitative estimate of drug-likeness (QED) is 0.329. The largest absolute Gasteiger partial charge is 0.416 e. The third-order valence-electron chi connectivity index (χ3n) is 7.05. The van der Waals surface area contributed by atoms with Crippen molar-refractivity contribution in [1.29, 1.82) is 0 Å². The van der Waals surface area contributed by atoms with Crippen LogP contribution in [0.2, 0.25) is 5.02 Å². The van der Waals surface area contributed by atoms with E-state index in [9.17, 15) is 22.8 Å². The number of alkyl halides is 3. The Hall–Kier alpha value is -2.91. The molecule has 36 heavy (non-hydrogen) atoms. The Morgan fingerprint density at radius 2 is 1.72 bits per heavy atom. The van der Waals surface area contributed by atoms with Crippen molar-refractivity contribution in [3.05, 3.63) is 98.2 Å². The number of carbonyl (C=O) groups excluding carboxylic acids is 2. The highest BCUT2D eigenvalue weighted by Crippen LogP contribution is 2.59. The van der Waals surface area contributed by atoms with Crippen LogP contribution in [0.15, 0.2) is 65.1 Å². The zero-order valence-electron chi connectivity index (χ0n) is 18.6. The molecule has 0 aromatic heterocycles. The van der Waals surface area contributed by atoms with Gasteiger partial charge in [-0.3, -0.25) is 9.59 Å². The van der Waals surface area contributed by atoms with Gasteiger partial charge in [0.15, 0.2) is 0 Å². The lowest BCUT2D eigenvalue weighted by Crippen LogP contribution is -2.60. The van der Waals surface area contributed by atoms with Gasteiger partial charge in [0, 0.05) is 22.0 Å². The number of halogens is 6. The summed E-state index contributed by atoms with van der Waals surface area (Å²) in [7, 11) is 0. The van der Waals surface area contributed by atoms with Crippen LogP contribution in [-0.4, -0.2) is 11.8 Å². The molecule has 5 rings (SSSR count). The second-order valence-corrected chi connectivity index (χ2v) is 10.3. The standard InChI is InChI=1S/C26H18BrClF4N2O2/c1-12-20(16-9-14(26(30,31)32)10-18(28)21(16)29)25(17-11-15(27)7-8-19(17)33-24(25)36)22(34-23(12)35)13-5-3-2-4-6-13/h2-12,20,22H,1H3,(H,33,36)(H,34,35)/t12-,20-,22+,25-/m0/s1. The van der Waals surface area contributed by atoms with Gasteiger partial charge in [0.05, 0.1) is 16.6 Å². The molecular weight excluding hydrogens is 564 g/mol. The maximum Gasteiger partial charge on any atom is 0.416 e. The van der Waals surface area contributed by atoms with Gasteiger partial charge in [-0.15, -0.1) is 0 Å². The molecule has 0 bridgehead atoms. The first-order valence-electron chi connectivity index (χ1n) is 11.0. The Morgan fingerprint density at radius 3 is 2.39 bits per heavy atom. The van der Waals surface area contributed by atoms with E-state index in [0.29, 0.717) is 33.4 Å². The average Bonchev–Trinajstić information content (AvgIpc) is 3.10. The molecule has 1 saturated heterocycles. The third kappa shape index (κ3) is 3.63. The van der Waals surface area contributed by atoms with Crippen molar-refractivity contribution in [3.63, 3.8) is 0 Å². The number of amides is 2. The monoisotopic (exact) mass is 580 g/mol. The Labute approximate surface area is 217 Å². The molecule has 0 saturated carbocycles. The van der Waals surface area contributed by atoms with Gasteiger partial charge < -0.3 is 10.6 Å². The number of hydrogen-bond acceptors (Lipinski definition) is 2. The third-order valence-corrected chi connectivity index (χ3v) is 7.82. The van der Waals surface area contributed by atoms with Crippen molar-refractivity contribution in [2.45, 2.75) is 30.5 Å². The highest BCUT2D eigenvalue weighted by Gasteiger charge is 2.64. The first-order valence-corrected chi connectivity index (χ1v) is 12.2. The fourth-order valence-electron chi connectivity index (χ4n) is 5.53. The van der Waals surface area contributed by atoms with E-state index in [1.165, 1.54) is 6.92 Å². The van der Waals surface area contributed by atoms with Gasteiger partial charge in [-0.2, -0.15) is 13.2 Å². The van der Waals surface area contributed by atoms with E-state index in [4.69, 9.17) is 11.6 Å². The van der Waals surface area contributed by atoms with Crippen molar-refractivity contribution in [3.8, 4) is 0 Å². The lowest BCUT2D eigenvalue weighted by Gasteiger charge is -2.49. The summed E-state index contributed by atoms with van der Waals surface area (Å²) in [5.74, 6) is -4.57.